The topological polar surface area (TPSA) is 69.6 Å². The molecule has 1 amide bonds. The van der Waals surface area contributed by atoms with Crippen LogP contribution < -0.4 is 10.2 Å². The average molecular weight is 262 g/mol. The molecule has 0 radical (unpaired) electrons. The van der Waals surface area contributed by atoms with Gasteiger partial charge in [0.05, 0.1) is 12.1 Å². The normalized spacial score (nSPS) is 13.7. The van der Waals surface area contributed by atoms with Gasteiger partial charge in [-0.25, -0.2) is 4.79 Å². The Morgan fingerprint density at radius 3 is 2.79 bits per heavy atom. The summed E-state index contributed by atoms with van der Waals surface area (Å²) in [6.45, 7) is 4.85. The van der Waals surface area contributed by atoms with Gasteiger partial charge in [0.1, 0.15) is 0 Å². The van der Waals surface area contributed by atoms with Crippen LogP contribution in [-0.4, -0.2) is 36.1 Å². The fraction of sp³-hybridized carbons (Fsp3) is 0.429. The van der Waals surface area contributed by atoms with Crippen molar-refractivity contribution >= 4 is 17.6 Å². The Bertz CT molecular complexity index is 511. The highest BCUT2D eigenvalue weighted by Crippen LogP contribution is 2.29. The molecular weight excluding hydrogens is 244 g/mol. The van der Waals surface area contributed by atoms with Crippen LogP contribution in [0.15, 0.2) is 18.2 Å². The number of carboxylic acids is 1. The zero-order chi connectivity index (χ0) is 14.0. The zero-order valence-electron chi connectivity index (χ0n) is 11.1. The monoisotopic (exact) mass is 262 g/mol. The second-order valence-corrected chi connectivity index (χ2v) is 4.98. The molecule has 102 valence electrons. The molecule has 2 rings (SSSR count). The van der Waals surface area contributed by atoms with Crippen molar-refractivity contribution in [2.45, 2.75) is 26.3 Å². The van der Waals surface area contributed by atoms with Crippen molar-refractivity contribution in [3.63, 3.8) is 0 Å². The van der Waals surface area contributed by atoms with E-state index in [9.17, 15) is 9.59 Å². The van der Waals surface area contributed by atoms with E-state index in [1.54, 1.807) is 23.1 Å². The number of aromatic carboxylic acids is 1. The third kappa shape index (κ3) is 2.93. The number of carbonyl (C=O) groups is 2. The molecule has 1 aliphatic heterocycles. The number of hydrogen-bond acceptors (Lipinski definition) is 3. The predicted molar refractivity (Wildman–Crippen MR) is 72.6 cm³/mol. The Morgan fingerprint density at radius 1 is 1.42 bits per heavy atom. The van der Waals surface area contributed by atoms with Crippen LogP contribution in [-0.2, 0) is 11.2 Å². The summed E-state index contributed by atoms with van der Waals surface area (Å²) in [5.41, 5.74) is 1.98. The van der Waals surface area contributed by atoms with Crippen molar-refractivity contribution in [1.82, 2.24) is 5.32 Å². The van der Waals surface area contributed by atoms with E-state index in [0.29, 0.717) is 6.54 Å². The summed E-state index contributed by atoms with van der Waals surface area (Å²) >= 11 is 0. The summed E-state index contributed by atoms with van der Waals surface area (Å²) in [6.07, 6.45) is 0.780. The van der Waals surface area contributed by atoms with Crippen molar-refractivity contribution in [1.29, 1.82) is 0 Å². The van der Waals surface area contributed by atoms with Crippen LogP contribution in [0.5, 0.6) is 0 Å². The fourth-order valence-corrected chi connectivity index (χ4v) is 2.16. The first-order valence-electron chi connectivity index (χ1n) is 6.39. The molecule has 0 spiro atoms. The number of carbonyl (C=O) groups excluding carboxylic acids is 1. The van der Waals surface area contributed by atoms with Crippen LogP contribution in [0.4, 0.5) is 5.69 Å². The molecule has 19 heavy (non-hydrogen) atoms. The Balaban J connectivity index is 2.18. The third-order valence-electron chi connectivity index (χ3n) is 3.19. The van der Waals surface area contributed by atoms with Gasteiger partial charge in [0.25, 0.3) is 0 Å². The summed E-state index contributed by atoms with van der Waals surface area (Å²) in [4.78, 5) is 24.8. The minimum atomic E-state index is -0.970. The predicted octanol–water partition coefficient (Wildman–Crippen LogP) is 1.27. The van der Waals surface area contributed by atoms with Crippen LogP contribution in [0.25, 0.3) is 0 Å². The van der Waals surface area contributed by atoms with Crippen molar-refractivity contribution in [3.05, 3.63) is 29.3 Å². The summed E-state index contributed by atoms with van der Waals surface area (Å²) in [5.74, 6) is -0.989. The maximum absolute atomic E-state index is 12.1. The molecule has 0 atom stereocenters. The maximum atomic E-state index is 12.1. The molecule has 0 unspecified atom stereocenters. The molecule has 1 aromatic rings. The van der Waals surface area contributed by atoms with Crippen LogP contribution in [0.2, 0.25) is 0 Å². The molecule has 0 fully saturated rings. The average Bonchev–Trinajstić information content (AvgIpc) is 2.78. The van der Waals surface area contributed by atoms with Crippen LogP contribution in [0.1, 0.15) is 29.8 Å². The smallest absolute Gasteiger partial charge is 0.335 e. The number of benzene rings is 1. The summed E-state index contributed by atoms with van der Waals surface area (Å²) in [7, 11) is 0. The number of amides is 1. The Kier molecular flexibility index (Phi) is 3.85. The van der Waals surface area contributed by atoms with E-state index in [1.165, 1.54) is 0 Å². The van der Waals surface area contributed by atoms with E-state index in [4.69, 9.17) is 5.11 Å². The van der Waals surface area contributed by atoms with Gasteiger partial charge in [0.2, 0.25) is 5.91 Å². The van der Waals surface area contributed by atoms with Gasteiger partial charge >= 0.3 is 5.97 Å². The molecule has 5 nitrogen and oxygen atoms in total. The molecule has 1 aromatic carbocycles. The maximum Gasteiger partial charge on any atom is 0.335 e. The number of hydrogen-bond donors (Lipinski definition) is 2. The molecule has 0 saturated heterocycles. The fourth-order valence-electron chi connectivity index (χ4n) is 2.16. The molecule has 0 bridgehead atoms. The van der Waals surface area contributed by atoms with E-state index < -0.39 is 5.97 Å². The van der Waals surface area contributed by atoms with Gasteiger partial charge in [-0.05, 0) is 24.1 Å². The first kappa shape index (κ1) is 13.5. The lowest BCUT2D eigenvalue weighted by atomic mass is 10.1. The molecule has 1 heterocycles. The SMILES string of the molecule is CC(C)NCC(=O)N1CCc2ccc(C(=O)O)cc21. The molecule has 5 heteroatoms. The lowest BCUT2D eigenvalue weighted by Gasteiger charge is -2.19. The van der Waals surface area contributed by atoms with Gasteiger partial charge in [0.15, 0.2) is 0 Å². The van der Waals surface area contributed by atoms with Gasteiger partial charge < -0.3 is 15.3 Å². The molecule has 0 saturated carbocycles. The first-order valence-corrected chi connectivity index (χ1v) is 6.39. The number of nitrogens with zero attached hydrogens (tertiary/aromatic N) is 1. The minimum absolute atomic E-state index is 0.0185. The first-order chi connectivity index (χ1) is 8.99. The molecular formula is C14H18N2O3. The number of rotatable bonds is 4. The zero-order valence-corrected chi connectivity index (χ0v) is 11.1. The van der Waals surface area contributed by atoms with Gasteiger partial charge in [-0.15, -0.1) is 0 Å². The quantitative estimate of drug-likeness (QED) is 0.857. The minimum Gasteiger partial charge on any atom is -0.478 e. The van der Waals surface area contributed by atoms with Crippen molar-refractivity contribution < 1.29 is 14.7 Å². The Morgan fingerprint density at radius 2 is 2.16 bits per heavy atom. The molecule has 2 N–H and O–H groups in total. The molecule has 1 aliphatic rings. The number of carboxylic acid groups (broad SMARTS) is 1. The summed E-state index contributed by atoms with van der Waals surface area (Å²) in [5, 5.41) is 12.1. The highest BCUT2D eigenvalue weighted by molar-refractivity contribution is 5.98. The largest absolute Gasteiger partial charge is 0.478 e. The Labute approximate surface area is 112 Å². The second kappa shape index (κ2) is 5.40. The number of anilines is 1. The van der Waals surface area contributed by atoms with E-state index in [1.807, 2.05) is 13.8 Å². The van der Waals surface area contributed by atoms with Crippen LogP contribution >= 0.6 is 0 Å². The molecule has 0 aromatic heterocycles. The second-order valence-electron chi connectivity index (χ2n) is 4.98. The summed E-state index contributed by atoms with van der Waals surface area (Å²) in [6, 6.07) is 5.21. The standard InChI is InChI=1S/C14H18N2O3/c1-9(2)15-8-13(17)16-6-5-10-3-4-11(14(18)19)7-12(10)16/h3-4,7,9,15H,5-6,8H2,1-2H3,(H,18,19). The summed E-state index contributed by atoms with van der Waals surface area (Å²) < 4.78 is 0. The third-order valence-corrected chi connectivity index (χ3v) is 3.19. The van der Waals surface area contributed by atoms with Crippen molar-refractivity contribution in [2.75, 3.05) is 18.0 Å². The van der Waals surface area contributed by atoms with Crippen LogP contribution in [0, 0.1) is 0 Å². The lowest BCUT2D eigenvalue weighted by molar-refractivity contribution is -0.117. The molecule has 0 aliphatic carbocycles. The van der Waals surface area contributed by atoms with Crippen LogP contribution in [0.3, 0.4) is 0 Å². The highest BCUT2D eigenvalue weighted by Gasteiger charge is 2.25. The van der Waals surface area contributed by atoms with Crippen molar-refractivity contribution in [2.24, 2.45) is 0 Å². The van der Waals surface area contributed by atoms with E-state index >= 15 is 0 Å². The van der Waals surface area contributed by atoms with Crippen molar-refractivity contribution in [3.8, 4) is 0 Å². The van der Waals surface area contributed by atoms with E-state index in [2.05, 4.69) is 5.32 Å². The number of fused-ring (bicyclic) bond motifs is 1. The van der Waals surface area contributed by atoms with E-state index in [-0.39, 0.29) is 24.1 Å². The highest BCUT2D eigenvalue weighted by atomic mass is 16.4. The Hall–Kier alpha value is -1.88. The number of nitrogens with one attached hydrogen (secondary N) is 1. The van der Waals surface area contributed by atoms with Gasteiger partial charge in [-0.2, -0.15) is 0 Å². The lowest BCUT2D eigenvalue weighted by Crippen LogP contribution is -2.39. The van der Waals surface area contributed by atoms with E-state index in [0.717, 1.165) is 17.7 Å². The van der Waals surface area contributed by atoms with Gasteiger partial charge in [-0.1, -0.05) is 19.9 Å². The van der Waals surface area contributed by atoms with Gasteiger partial charge in [0, 0.05) is 18.3 Å². The van der Waals surface area contributed by atoms with Gasteiger partial charge in [-0.3, -0.25) is 4.79 Å².